The van der Waals surface area contributed by atoms with Crippen LogP contribution in [0.15, 0.2) is 33.9 Å². The molecule has 1 N–H and O–H groups in total. The maximum absolute atomic E-state index is 12.1. The van der Waals surface area contributed by atoms with E-state index >= 15 is 0 Å². The first-order valence-electron chi connectivity index (χ1n) is 7.05. The van der Waals surface area contributed by atoms with E-state index in [2.05, 4.69) is 10.3 Å². The number of hydrogen-bond acceptors (Lipinski definition) is 4. The highest BCUT2D eigenvalue weighted by Gasteiger charge is 2.22. The maximum atomic E-state index is 12.1. The van der Waals surface area contributed by atoms with Crippen LogP contribution in [0.1, 0.15) is 32.6 Å². The SMILES string of the molecule is C[C@H](Sc1nc2ccccc2o1)C(=O)NC1CCCC1. The van der Waals surface area contributed by atoms with Gasteiger partial charge in [-0.05, 0) is 31.9 Å². The van der Waals surface area contributed by atoms with Crippen molar-refractivity contribution in [1.82, 2.24) is 10.3 Å². The molecule has 0 spiro atoms. The molecule has 1 fully saturated rings. The van der Waals surface area contributed by atoms with Crippen LogP contribution in [-0.4, -0.2) is 22.2 Å². The number of carbonyl (C=O) groups is 1. The molecule has 1 aromatic carbocycles. The van der Waals surface area contributed by atoms with E-state index in [-0.39, 0.29) is 11.2 Å². The molecule has 1 saturated carbocycles. The largest absolute Gasteiger partial charge is 0.431 e. The lowest BCUT2D eigenvalue weighted by Gasteiger charge is -2.15. The summed E-state index contributed by atoms with van der Waals surface area (Å²) in [4.78, 5) is 16.5. The summed E-state index contributed by atoms with van der Waals surface area (Å²) in [6.45, 7) is 1.89. The summed E-state index contributed by atoms with van der Waals surface area (Å²) in [7, 11) is 0. The average molecular weight is 290 g/mol. The van der Waals surface area contributed by atoms with Crippen molar-refractivity contribution in [3.05, 3.63) is 24.3 Å². The molecule has 106 valence electrons. The van der Waals surface area contributed by atoms with E-state index in [0.717, 1.165) is 23.9 Å². The van der Waals surface area contributed by atoms with Crippen LogP contribution in [0.2, 0.25) is 0 Å². The van der Waals surface area contributed by atoms with Gasteiger partial charge in [0.25, 0.3) is 5.22 Å². The number of thioether (sulfide) groups is 1. The van der Waals surface area contributed by atoms with E-state index in [1.165, 1.54) is 24.6 Å². The summed E-state index contributed by atoms with van der Waals surface area (Å²) in [5.74, 6) is 0.0733. The molecular formula is C15H18N2O2S. The van der Waals surface area contributed by atoms with E-state index in [4.69, 9.17) is 4.42 Å². The summed E-state index contributed by atoms with van der Waals surface area (Å²) in [6, 6.07) is 7.99. The Kier molecular flexibility index (Phi) is 3.96. The minimum atomic E-state index is -0.191. The highest BCUT2D eigenvalue weighted by molar-refractivity contribution is 8.00. The normalized spacial score (nSPS) is 17.4. The van der Waals surface area contributed by atoms with Crippen LogP contribution in [0.3, 0.4) is 0 Å². The molecule has 20 heavy (non-hydrogen) atoms. The third-order valence-corrected chi connectivity index (χ3v) is 4.57. The average Bonchev–Trinajstić information content (AvgIpc) is 3.06. The van der Waals surface area contributed by atoms with Gasteiger partial charge in [0.15, 0.2) is 5.58 Å². The van der Waals surface area contributed by atoms with Gasteiger partial charge in [-0.3, -0.25) is 4.79 Å². The molecule has 0 bridgehead atoms. The third kappa shape index (κ3) is 2.98. The van der Waals surface area contributed by atoms with Gasteiger partial charge in [0.05, 0.1) is 5.25 Å². The second-order valence-electron chi connectivity index (χ2n) is 5.20. The fourth-order valence-electron chi connectivity index (χ4n) is 2.49. The number of nitrogens with one attached hydrogen (secondary N) is 1. The molecule has 3 rings (SSSR count). The molecule has 1 aliphatic rings. The Morgan fingerprint density at radius 1 is 1.40 bits per heavy atom. The van der Waals surface area contributed by atoms with E-state index in [1.54, 1.807) is 0 Å². The van der Waals surface area contributed by atoms with Gasteiger partial charge in [0.1, 0.15) is 5.52 Å². The van der Waals surface area contributed by atoms with Gasteiger partial charge in [0.2, 0.25) is 5.91 Å². The molecule has 0 saturated heterocycles. The Morgan fingerprint density at radius 3 is 2.90 bits per heavy atom. The smallest absolute Gasteiger partial charge is 0.257 e. The number of nitrogens with zero attached hydrogens (tertiary/aromatic N) is 1. The van der Waals surface area contributed by atoms with Crippen molar-refractivity contribution in [3.63, 3.8) is 0 Å². The number of benzene rings is 1. The second kappa shape index (κ2) is 5.87. The highest BCUT2D eigenvalue weighted by atomic mass is 32.2. The Hall–Kier alpha value is -1.49. The predicted molar refractivity (Wildman–Crippen MR) is 79.7 cm³/mol. The topological polar surface area (TPSA) is 55.1 Å². The Balaban J connectivity index is 1.62. The van der Waals surface area contributed by atoms with Crippen LogP contribution in [0.5, 0.6) is 0 Å². The Labute approximate surface area is 122 Å². The molecule has 5 heteroatoms. The van der Waals surface area contributed by atoms with E-state index in [9.17, 15) is 4.79 Å². The Bertz CT molecular complexity index is 572. The number of oxazole rings is 1. The zero-order chi connectivity index (χ0) is 13.9. The van der Waals surface area contributed by atoms with Crippen molar-refractivity contribution >= 4 is 28.8 Å². The number of fused-ring (bicyclic) bond motifs is 1. The van der Waals surface area contributed by atoms with E-state index < -0.39 is 0 Å². The minimum absolute atomic E-state index is 0.0733. The predicted octanol–water partition coefficient (Wildman–Crippen LogP) is 3.37. The number of amides is 1. The van der Waals surface area contributed by atoms with Crippen LogP contribution in [0, 0.1) is 0 Å². The lowest BCUT2D eigenvalue weighted by molar-refractivity contribution is -0.120. The summed E-state index contributed by atoms with van der Waals surface area (Å²) in [6.07, 6.45) is 4.65. The molecule has 0 unspecified atom stereocenters. The van der Waals surface area contributed by atoms with Crippen molar-refractivity contribution in [3.8, 4) is 0 Å². The molecule has 1 amide bonds. The molecule has 1 atom stereocenters. The number of para-hydroxylation sites is 2. The fraction of sp³-hybridized carbons (Fsp3) is 0.467. The van der Waals surface area contributed by atoms with Crippen molar-refractivity contribution in [2.45, 2.75) is 49.1 Å². The van der Waals surface area contributed by atoms with Crippen molar-refractivity contribution in [2.24, 2.45) is 0 Å². The molecular weight excluding hydrogens is 272 g/mol. The number of aromatic nitrogens is 1. The molecule has 0 radical (unpaired) electrons. The Morgan fingerprint density at radius 2 is 2.15 bits per heavy atom. The zero-order valence-electron chi connectivity index (χ0n) is 11.5. The molecule has 2 aromatic rings. The quantitative estimate of drug-likeness (QED) is 0.877. The highest BCUT2D eigenvalue weighted by Crippen LogP contribution is 2.27. The number of carbonyl (C=O) groups excluding carboxylic acids is 1. The molecule has 1 aromatic heterocycles. The van der Waals surface area contributed by atoms with Crippen molar-refractivity contribution in [1.29, 1.82) is 0 Å². The van der Waals surface area contributed by atoms with Crippen LogP contribution in [0.4, 0.5) is 0 Å². The summed E-state index contributed by atoms with van der Waals surface area (Å²) < 4.78 is 5.63. The van der Waals surface area contributed by atoms with Gasteiger partial charge in [0, 0.05) is 6.04 Å². The van der Waals surface area contributed by atoms with Gasteiger partial charge in [-0.15, -0.1) is 0 Å². The van der Waals surface area contributed by atoms with E-state index in [1.807, 2.05) is 31.2 Å². The number of hydrogen-bond donors (Lipinski definition) is 1. The molecule has 4 nitrogen and oxygen atoms in total. The minimum Gasteiger partial charge on any atom is -0.431 e. The maximum Gasteiger partial charge on any atom is 0.257 e. The third-order valence-electron chi connectivity index (χ3n) is 3.62. The lowest BCUT2D eigenvalue weighted by atomic mass is 10.2. The first-order valence-corrected chi connectivity index (χ1v) is 7.93. The standard InChI is InChI=1S/C15H18N2O2S/c1-10(14(18)16-11-6-2-3-7-11)20-15-17-12-8-4-5-9-13(12)19-15/h4-5,8-11H,2-3,6-7H2,1H3,(H,16,18)/t10-/m0/s1. The zero-order valence-corrected chi connectivity index (χ0v) is 12.3. The van der Waals surface area contributed by atoms with Gasteiger partial charge >= 0.3 is 0 Å². The van der Waals surface area contributed by atoms with Crippen molar-refractivity contribution in [2.75, 3.05) is 0 Å². The van der Waals surface area contributed by atoms with Crippen LogP contribution in [-0.2, 0) is 4.79 Å². The monoisotopic (exact) mass is 290 g/mol. The van der Waals surface area contributed by atoms with E-state index in [0.29, 0.717) is 11.3 Å². The first kappa shape index (κ1) is 13.5. The van der Waals surface area contributed by atoms with Crippen LogP contribution in [0.25, 0.3) is 11.1 Å². The molecule has 0 aliphatic heterocycles. The fourth-order valence-corrected chi connectivity index (χ4v) is 3.26. The van der Waals surface area contributed by atoms with Gasteiger partial charge in [-0.2, -0.15) is 0 Å². The lowest BCUT2D eigenvalue weighted by Crippen LogP contribution is -2.37. The van der Waals surface area contributed by atoms with Gasteiger partial charge in [-0.25, -0.2) is 4.98 Å². The molecule has 1 aliphatic carbocycles. The van der Waals surface area contributed by atoms with Gasteiger partial charge in [-0.1, -0.05) is 36.7 Å². The van der Waals surface area contributed by atoms with Crippen molar-refractivity contribution < 1.29 is 9.21 Å². The number of rotatable bonds is 4. The summed E-state index contributed by atoms with van der Waals surface area (Å²) in [5.41, 5.74) is 1.59. The molecule has 1 heterocycles. The van der Waals surface area contributed by atoms with Crippen LogP contribution < -0.4 is 5.32 Å². The summed E-state index contributed by atoms with van der Waals surface area (Å²) in [5, 5.41) is 3.47. The first-order chi connectivity index (χ1) is 9.72. The van der Waals surface area contributed by atoms with Crippen LogP contribution >= 0.6 is 11.8 Å². The van der Waals surface area contributed by atoms with Gasteiger partial charge < -0.3 is 9.73 Å². The summed E-state index contributed by atoms with van der Waals surface area (Å²) >= 11 is 1.37. The second-order valence-corrected chi connectivity index (χ2v) is 6.49.